The lowest BCUT2D eigenvalue weighted by Crippen LogP contribution is -2.17. The van der Waals surface area contributed by atoms with Crippen molar-refractivity contribution in [1.29, 1.82) is 0 Å². The molecule has 5 N–H and O–H groups in total. The van der Waals surface area contributed by atoms with Crippen LogP contribution in [0.2, 0.25) is 0 Å². The summed E-state index contributed by atoms with van der Waals surface area (Å²) in [6.45, 7) is 0.242. The van der Waals surface area contributed by atoms with Crippen molar-refractivity contribution in [3.8, 4) is 5.75 Å². The summed E-state index contributed by atoms with van der Waals surface area (Å²) in [5.74, 6) is -0.554. The number of anilines is 1. The number of rotatable bonds is 5. The fraction of sp³-hybridized carbons (Fsp3) is 0.364. The van der Waals surface area contributed by atoms with E-state index in [9.17, 15) is 4.79 Å². The molecule has 1 aromatic carbocycles. The summed E-state index contributed by atoms with van der Waals surface area (Å²) in [6.07, 6.45) is -0.0314. The molecule has 5 heteroatoms. The van der Waals surface area contributed by atoms with Gasteiger partial charge in [0.15, 0.2) is 0 Å². The Balaban J connectivity index is 3.06. The van der Waals surface area contributed by atoms with Crippen LogP contribution >= 0.6 is 0 Å². The molecule has 1 atom stereocenters. The zero-order valence-corrected chi connectivity index (χ0v) is 9.14. The Kier molecular flexibility index (Phi) is 4.13. The van der Waals surface area contributed by atoms with Crippen LogP contribution in [0.1, 0.15) is 17.9 Å². The largest absolute Gasteiger partial charge is 0.496 e. The Morgan fingerprint density at radius 2 is 2.25 bits per heavy atom. The van der Waals surface area contributed by atoms with E-state index in [0.29, 0.717) is 11.4 Å². The van der Waals surface area contributed by atoms with Crippen molar-refractivity contribution in [2.45, 2.75) is 12.3 Å². The molecule has 1 unspecified atom stereocenters. The molecule has 0 heterocycles. The fourth-order valence-corrected chi connectivity index (χ4v) is 1.60. The molecule has 0 aliphatic rings. The fourth-order valence-electron chi connectivity index (χ4n) is 1.60. The Labute approximate surface area is 94.0 Å². The summed E-state index contributed by atoms with van der Waals surface area (Å²) in [4.78, 5) is 10.7. The predicted molar refractivity (Wildman–Crippen MR) is 61.5 cm³/mol. The average molecular weight is 224 g/mol. The molecule has 1 rings (SSSR count). The molecule has 1 aromatic rings. The van der Waals surface area contributed by atoms with Gasteiger partial charge in [-0.25, -0.2) is 0 Å². The van der Waals surface area contributed by atoms with E-state index in [0.717, 1.165) is 5.56 Å². The average Bonchev–Trinajstić information content (AvgIpc) is 2.25. The summed E-state index contributed by atoms with van der Waals surface area (Å²) in [7, 11) is 1.53. The zero-order chi connectivity index (χ0) is 12.1. The molecule has 0 radical (unpaired) electrons. The van der Waals surface area contributed by atoms with Gasteiger partial charge in [-0.15, -0.1) is 0 Å². The third-order valence-corrected chi connectivity index (χ3v) is 2.40. The van der Waals surface area contributed by atoms with Gasteiger partial charge in [0, 0.05) is 17.2 Å². The third kappa shape index (κ3) is 2.87. The molecule has 0 spiro atoms. The van der Waals surface area contributed by atoms with Gasteiger partial charge >= 0.3 is 5.97 Å². The Morgan fingerprint density at radius 3 is 2.75 bits per heavy atom. The maximum absolute atomic E-state index is 10.7. The van der Waals surface area contributed by atoms with Crippen molar-refractivity contribution in [3.63, 3.8) is 0 Å². The van der Waals surface area contributed by atoms with Crippen molar-refractivity contribution in [2.75, 3.05) is 19.4 Å². The van der Waals surface area contributed by atoms with Crippen molar-refractivity contribution in [2.24, 2.45) is 5.73 Å². The highest BCUT2D eigenvalue weighted by Crippen LogP contribution is 2.30. The standard InChI is InChI=1S/C11H16N2O3/c1-16-10-3-2-8(13)5-9(10)7(6-12)4-11(14)15/h2-3,5,7H,4,6,12-13H2,1H3,(H,14,15). The minimum atomic E-state index is -0.889. The lowest BCUT2D eigenvalue weighted by molar-refractivity contribution is -0.137. The second kappa shape index (κ2) is 5.37. The van der Waals surface area contributed by atoms with Crippen molar-refractivity contribution >= 4 is 11.7 Å². The zero-order valence-electron chi connectivity index (χ0n) is 9.14. The van der Waals surface area contributed by atoms with Crippen LogP contribution < -0.4 is 16.2 Å². The third-order valence-electron chi connectivity index (χ3n) is 2.40. The number of hydrogen-bond donors (Lipinski definition) is 3. The van der Waals surface area contributed by atoms with E-state index in [1.165, 1.54) is 7.11 Å². The van der Waals surface area contributed by atoms with E-state index in [2.05, 4.69) is 0 Å². The van der Waals surface area contributed by atoms with Crippen LogP contribution in [0.5, 0.6) is 5.75 Å². The van der Waals surface area contributed by atoms with Crippen LogP contribution in [0, 0.1) is 0 Å². The molecule has 0 saturated heterocycles. The van der Waals surface area contributed by atoms with Gasteiger partial charge in [0.05, 0.1) is 13.5 Å². The maximum Gasteiger partial charge on any atom is 0.304 e. The number of carboxylic acid groups (broad SMARTS) is 1. The highest BCUT2D eigenvalue weighted by atomic mass is 16.5. The first-order valence-electron chi connectivity index (χ1n) is 4.93. The van der Waals surface area contributed by atoms with E-state index in [4.69, 9.17) is 21.3 Å². The Morgan fingerprint density at radius 1 is 1.56 bits per heavy atom. The molecule has 0 aromatic heterocycles. The van der Waals surface area contributed by atoms with E-state index < -0.39 is 5.97 Å². The first-order chi connectivity index (χ1) is 7.58. The van der Waals surface area contributed by atoms with Crippen LogP contribution in [-0.4, -0.2) is 24.7 Å². The molecule has 0 saturated carbocycles. The molecular weight excluding hydrogens is 208 g/mol. The number of methoxy groups -OCH3 is 1. The SMILES string of the molecule is COc1ccc(N)cc1C(CN)CC(=O)O. The quantitative estimate of drug-likeness (QED) is 0.642. The van der Waals surface area contributed by atoms with Gasteiger partial charge in [0.1, 0.15) is 5.75 Å². The molecular formula is C11H16N2O3. The molecule has 0 fully saturated rings. The Hall–Kier alpha value is -1.75. The predicted octanol–water partition coefficient (Wildman–Crippen LogP) is 0.794. The minimum absolute atomic E-state index is 0.0314. The van der Waals surface area contributed by atoms with Gasteiger partial charge in [-0.1, -0.05) is 0 Å². The van der Waals surface area contributed by atoms with Gasteiger partial charge in [-0.2, -0.15) is 0 Å². The molecule has 0 aliphatic carbocycles. The van der Waals surface area contributed by atoms with Gasteiger partial charge in [0.2, 0.25) is 0 Å². The molecule has 0 amide bonds. The van der Waals surface area contributed by atoms with Crippen LogP contribution in [-0.2, 0) is 4.79 Å². The number of aliphatic carboxylic acids is 1. The van der Waals surface area contributed by atoms with Crippen molar-refractivity contribution in [1.82, 2.24) is 0 Å². The highest BCUT2D eigenvalue weighted by Gasteiger charge is 2.18. The van der Waals surface area contributed by atoms with Gasteiger partial charge in [-0.3, -0.25) is 4.79 Å². The van der Waals surface area contributed by atoms with E-state index in [1.807, 2.05) is 0 Å². The monoisotopic (exact) mass is 224 g/mol. The number of carboxylic acids is 1. The van der Waals surface area contributed by atoms with E-state index >= 15 is 0 Å². The van der Waals surface area contributed by atoms with Gasteiger partial charge in [-0.05, 0) is 24.7 Å². The topological polar surface area (TPSA) is 98.6 Å². The first-order valence-corrected chi connectivity index (χ1v) is 4.93. The normalized spacial score (nSPS) is 12.1. The molecule has 16 heavy (non-hydrogen) atoms. The minimum Gasteiger partial charge on any atom is -0.496 e. The summed E-state index contributed by atoms with van der Waals surface area (Å²) >= 11 is 0. The number of nitrogen functional groups attached to an aromatic ring is 1. The highest BCUT2D eigenvalue weighted by molar-refractivity contribution is 5.68. The van der Waals surface area contributed by atoms with Crippen LogP contribution in [0.15, 0.2) is 18.2 Å². The van der Waals surface area contributed by atoms with Gasteiger partial charge < -0.3 is 21.3 Å². The summed E-state index contributed by atoms with van der Waals surface area (Å²) < 4.78 is 5.16. The smallest absolute Gasteiger partial charge is 0.304 e. The van der Waals surface area contributed by atoms with Crippen LogP contribution in [0.4, 0.5) is 5.69 Å². The lowest BCUT2D eigenvalue weighted by Gasteiger charge is -2.16. The van der Waals surface area contributed by atoms with Crippen LogP contribution in [0.25, 0.3) is 0 Å². The summed E-state index contributed by atoms with van der Waals surface area (Å²) in [6, 6.07) is 5.13. The Bertz CT molecular complexity index is 379. The second-order valence-electron chi connectivity index (χ2n) is 3.53. The molecule has 5 nitrogen and oxygen atoms in total. The van der Waals surface area contributed by atoms with Crippen molar-refractivity contribution in [3.05, 3.63) is 23.8 Å². The molecule has 0 bridgehead atoms. The number of hydrogen-bond acceptors (Lipinski definition) is 4. The van der Waals surface area contributed by atoms with E-state index in [1.54, 1.807) is 18.2 Å². The number of benzene rings is 1. The van der Waals surface area contributed by atoms with Crippen molar-refractivity contribution < 1.29 is 14.6 Å². The first kappa shape index (κ1) is 12.3. The second-order valence-corrected chi connectivity index (χ2v) is 3.53. The van der Waals surface area contributed by atoms with Crippen LogP contribution in [0.3, 0.4) is 0 Å². The lowest BCUT2D eigenvalue weighted by atomic mass is 9.94. The maximum atomic E-state index is 10.7. The molecule has 88 valence electrons. The molecule has 0 aliphatic heterocycles. The summed E-state index contributed by atoms with van der Waals surface area (Å²) in [5, 5.41) is 8.78. The number of ether oxygens (including phenoxy) is 1. The number of nitrogens with two attached hydrogens (primary N) is 2. The van der Waals surface area contributed by atoms with E-state index in [-0.39, 0.29) is 18.9 Å². The summed E-state index contributed by atoms with van der Waals surface area (Å²) in [5.41, 5.74) is 12.5. The van der Waals surface area contributed by atoms with Gasteiger partial charge in [0.25, 0.3) is 0 Å². The number of carbonyl (C=O) groups is 1.